The first kappa shape index (κ1) is 13.7. The first-order valence-corrected chi connectivity index (χ1v) is 6.99. The van der Waals surface area contributed by atoms with Crippen LogP contribution in [0.2, 0.25) is 5.02 Å². The molecule has 1 heterocycles. The van der Waals surface area contributed by atoms with Gasteiger partial charge in [0.2, 0.25) is 5.78 Å². The molecule has 0 spiro atoms. The van der Waals surface area contributed by atoms with Crippen LogP contribution in [-0.2, 0) is 7.05 Å². The molecule has 0 bridgehead atoms. The quantitative estimate of drug-likeness (QED) is 0.679. The molecule has 4 heteroatoms. The first-order chi connectivity index (χ1) is 10.2. The molecule has 3 rings (SSSR count). The summed E-state index contributed by atoms with van der Waals surface area (Å²) in [5, 5.41) is 1.44. The van der Waals surface area contributed by atoms with Crippen LogP contribution in [0.4, 0.5) is 0 Å². The average molecular weight is 300 g/mol. The van der Waals surface area contributed by atoms with E-state index in [4.69, 9.17) is 16.3 Å². The number of hydrogen-bond donors (Lipinski definition) is 0. The van der Waals surface area contributed by atoms with Gasteiger partial charge in [-0.25, -0.2) is 0 Å². The van der Waals surface area contributed by atoms with Crippen molar-refractivity contribution in [1.82, 2.24) is 4.57 Å². The number of aromatic nitrogens is 1. The van der Waals surface area contributed by atoms with Crippen molar-refractivity contribution >= 4 is 28.3 Å². The summed E-state index contributed by atoms with van der Waals surface area (Å²) in [6.07, 6.45) is 1.84. The van der Waals surface area contributed by atoms with Crippen molar-refractivity contribution in [2.45, 2.75) is 0 Å². The predicted molar refractivity (Wildman–Crippen MR) is 84.2 cm³/mol. The number of hydrogen-bond acceptors (Lipinski definition) is 2. The molecule has 21 heavy (non-hydrogen) atoms. The number of carbonyl (C=O) groups is 1. The number of ether oxygens (including phenoxy) is 1. The maximum Gasteiger partial charge on any atom is 0.202 e. The van der Waals surface area contributed by atoms with Gasteiger partial charge in [-0.3, -0.25) is 4.79 Å². The third-order valence-corrected chi connectivity index (χ3v) is 3.71. The van der Waals surface area contributed by atoms with Crippen LogP contribution >= 0.6 is 11.6 Å². The van der Waals surface area contributed by atoms with Gasteiger partial charge in [-0.15, -0.1) is 0 Å². The summed E-state index contributed by atoms with van der Waals surface area (Å²) in [7, 11) is 1.92. The van der Waals surface area contributed by atoms with Crippen LogP contribution in [0.25, 0.3) is 10.9 Å². The molecule has 0 radical (unpaired) electrons. The highest BCUT2D eigenvalue weighted by molar-refractivity contribution is 6.32. The molecule has 0 saturated carbocycles. The molecule has 0 atom stereocenters. The summed E-state index contributed by atoms with van der Waals surface area (Å²) in [6, 6.07) is 14.9. The maximum absolute atomic E-state index is 12.4. The predicted octanol–water partition coefficient (Wildman–Crippen LogP) is 4.09. The zero-order valence-corrected chi connectivity index (χ0v) is 12.3. The number of halogens is 1. The van der Waals surface area contributed by atoms with E-state index in [2.05, 4.69) is 0 Å². The Hall–Kier alpha value is -2.26. The molecular weight excluding hydrogens is 286 g/mol. The topological polar surface area (TPSA) is 31.2 Å². The Morgan fingerprint density at radius 2 is 1.86 bits per heavy atom. The lowest BCUT2D eigenvalue weighted by Crippen LogP contribution is -2.11. The van der Waals surface area contributed by atoms with Crippen molar-refractivity contribution in [2.75, 3.05) is 6.61 Å². The van der Waals surface area contributed by atoms with Crippen molar-refractivity contribution < 1.29 is 9.53 Å². The minimum absolute atomic E-state index is 0.0300. The van der Waals surface area contributed by atoms with E-state index < -0.39 is 0 Å². The van der Waals surface area contributed by atoms with Gasteiger partial charge in [-0.2, -0.15) is 0 Å². The number of ketones is 1. The second-order valence-corrected chi connectivity index (χ2v) is 5.22. The van der Waals surface area contributed by atoms with Gasteiger partial charge in [0, 0.05) is 29.7 Å². The van der Waals surface area contributed by atoms with Gasteiger partial charge in [-0.05, 0) is 18.2 Å². The highest BCUT2D eigenvalue weighted by atomic mass is 35.5. The number of carbonyl (C=O) groups excluding carboxylic acids is 1. The van der Waals surface area contributed by atoms with Crippen LogP contribution in [0.3, 0.4) is 0 Å². The van der Waals surface area contributed by atoms with Gasteiger partial charge < -0.3 is 9.30 Å². The Kier molecular flexibility index (Phi) is 3.67. The zero-order valence-electron chi connectivity index (χ0n) is 11.5. The summed E-state index contributed by atoms with van der Waals surface area (Å²) < 4.78 is 7.46. The number of fused-ring (bicyclic) bond motifs is 1. The van der Waals surface area contributed by atoms with Crippen molar-refractivity contribution in [1.29, 1.82) is 0 Å². The Balaban J connectivity index is 1.83. The lowest BCUT2D eigenvalue weighted by molar-refractivity contribution is 0.0923. The molecule has 0 aliphatic heterocycles. The van der Waals surface area contributed by atoms with E-state index in [9.17, 15) is 4.79 Å². The summed E-state index contributed by atoms with van der Waals surface area (Å²) in [5.41, 5.74) is 1.69. The molecular formula is C17H14ClNO2. The third kappa shape index (κ3) is 2.65. The molecule has 0 fully saturated rings. The van der Waals surface area contributed by atoms with E-state index in [0.717, 1.165) is 10.9 Å². The first-order valence-electron chi connectivity index (χ1n) is 6.61. The normalized spacial score (nSPS) is 10.8. The number of Topliss-reactive ketones (excluding diaryl/α,β-unsaturated/α-hetero) is 1. The highest BCUT2D eigenvalue weighted by Crippen LogP contribution is 2.24. The fourth-order valence-corrected chi connectivity index (χ4v) is 2.54. The summed E-state index contributed by atoms with van der Waals surface area (Å²) in [6.45, 7) is -0.0300. The SMILES string of the molecule is Cn1cc(C(=O)COc2ccccc2Cl)c2ccccc21. The van der Waals surface area contributed by atoms with Gasteiger partial charge in [0.05, 0.1) is 5.02 Å². The van der Waals surface area contributed by atoms with Gasteiger partial charge in [-0.1, -0.05) is 41.9 Å². The number of nitrogens with zero attached hydrogens (tertiary/aromatic N) is 1. The van der Waals surface area contributed by atoms with E-state index in [-0.39, 0.29) is 12.4 Å². The number of rotatable bonds is 4. The standard InChI is InChI=1S/C17H14ClNO2/c1-19-10-13(12-6-2-4-8-15(12)19)16(20)11-21-17-9-5-3-7-14(17)18/h2-10H,11H2,1H3. The molecule has 0 aliphatic rings. The molecule has 1 aromatic heterocycles. The van der Waals surface area contributed by atoms with Gasteiger partial charge in [0.15, 0.2) is 6.61 Å². The highest BCUT2D eigenvalue weighted by Gasteiger charge is 2.14. The molecule has 3 aromatic rings. The minimum atomic E-state index is -0.0632. The van der Waals surface area contributed by atoms with Crippen LogP contribution in [0.15, 0.2) is 54.7 Å². The minimum Gasteiger partial charge on any atom is -0.484 e. The van der Waals surface area contributed by atoms with Crippen LogP contribution in [-0.4, -0.2) is 17.0 Å². The second kappa shape index (κ2) is 5.62. The number of benzene rings is 2. The van der Waals surface area contributed by atoms with E-state index in [0.29, 0.717) is 16.3 Å². The molecule has 0 N–H and O–H groups in total. The number of aryl methyl sites for hydroxylation is 1. The molecule has 2 aromatic carbocycles. The Labute approximate surface area is 127 Å². The summed E-state index contributed by atoms with van der Waals surface area (Å²) in [4.78, 5) is 12.4. The molecule has 0 aliphatic carbocycles. The van der Waals surface area contributed by atoms with Crippen molar-refractivity contribution in [3.63, 3.8) is 0 Å². The molecule has 3 nitrogen and oxygen atoms in total. The van der Waals surface area contributed by atoms with E-state index in [1.54, 1.807) is 12.1 Å². The molecule has 0 unspecified atom stereocenters. The smallest absolute Gasteiger partial charge is 0.202 e. The Morgan fingerprint density at radius 3 is 2.67 bits per heavy atom. The Bertz CT molecular complexity index is 807. The fourth-order valence-electron chi connectivity index (χ4n) is 2.35. The monoisotopic (exact) mass is 299 g/mol. The number of para-hydroxylation sites is 2. The van der Waals surface area contributed by atoms with Crippen LogP contribution in [0, 0.1) is 0 Å². The average Bonchev–Trinajstić information content (AvgIpc) is 2.84. The third-order valence-electron chi connectivity index (χ3n) is 3.39. The van der Waals surface area contributed by atoms with Crippen molar-refractivity contribution in [3.8, 4) is 5.75 Å². The second-order valence-electron chi connectivity index (χ2n) is 4.81. The maximum atomic E-state index is 12.4. The lowest BCUT2D eigenvalue weighted by atomic mass is 10.1. The molecule has 106 valence electrons. The van der Waals surface area contributed by atoms with Gasteiger partial charge >= 0.3 is 0 Å². The molecule has 0 amide bonds. The van der Waals surface area contributed by atoms with E-state index >= 15 is 0 Å². The van der Waals surface area contributed by atoms with Gasteiger partial charge in [0.25, 0.3) is 0 Å². The lowest BCUT2D eigenvalue weighted by Gasteiger charge is -2.06. The summed E-state index contributed by atoms with van der Waals surface area (Å²) in [5.74, 6) is 0.458. The largest absolute Gasteiger partial charge is 0.484 e. The Morgan fingerprint density at radius 1 is 1.14 bits per heavy atom. The van der Waals surface area contributed by atoms with E-state index in [1.165, 1.54) is 0 Å². The van der Waals surface area contributed by atoms with Crippen LogP contribution < -0.4 is 4.74 Å². The fraction of sp³-hybridized carbons (Fsp3) is 0.118. The zero-order chi connectivity index (χ0) is 14.8. The van der Waals surface area contributed by atoms with E-state index in [1.807, 2.05) is 54.2 Å². The van der Waals surface area contributed by atoms with Gasteiger partial charge in [0.1, 0.15) is 5.75 Å². The summed E-state index contributed by atoms with van der Waals surface area (Å²) >= 11 is 6.01. The van der Waals surface area contributed by atoms with Crippen LogP contribution in [0.1, 0.15) is 10.4 Å². The van der Waals surface area contributed by atoms with Crippen LogP contribution in [0.5, 0.6) is 5.75 Å². The van der Waals surface area contributed by atoms with Crippen molar-refractivity contribution in [3.05, 3.63) is 65.3 Å². The molecule has 0 saturated heterocycles. The van der Waals surface area contributed by atoms with Crippen molar-refractivity contribution in [2.24, 2.45) is 7.05 Å².